The van der Waals surface area contributed by atoms with Crippen LogP contribution in [0.1, 0.15) is 25.5 Å². The molecule has 3 aromatic rings. The van der Waals surface area contributed by atoms with Gasteiger partial charge in [-0.25, -0.2) is 9.37 Å². The zero-order chi connectivity index (χ0) is 21.1. The quantitative estimate of drug-likeness (QED) is 0.507. The summed E-state index contributed by atoms with van der Waals surface area (Å²) in [6, 6.07) is 9.28. The number of halogens is 1. The van der Waals surface area contributed by atoms with Crippen LogP contribution in [0, 0.1) is 21.8 Å². The second-order valence-electron chi connectivity index (χ2n) is 6.98. The molecule has 1 heterocycles. The van der Waals surface area contributed by atoms with Gasteiger partial charge >= 0.3 is 0 Å². The Morgan fingerprint density at radius 2 is 1.93 bits per heavy atom. The van der Waals surface area contributed by atoms with Crippen molar-refractivity contribution < 1.29 is 14.1 Å². The number of nitrogens with one attached hydrogen (secondary N) is 1. The number of nitro groups is 1. The van der Waals surface area contributed by atoms with Gasteiger partial charge in [-0.15, -0.1) is 0 Å². The lowest BCUT2D eigenvalue weighted by Crippen LogP contribution is -2.36. The van der Waals surface area contributed by atoms with E-state index in [4.69, 9.17) is 0 Å². The highest BCUT2D eigenvalue weighted by Gasteiger charge is 2.19. The molecule has 1 aromatic heterocycles. The second-order valence-corrected chi connectivity index (χ2v) is 6.98. The third-order valence-electron chi connectivity index (χ3n) is 4.55. The minimum Gasteiger partial charge on any atom is -0.347 e. The number of hydrogen-bond acceptors (Lipinski definition) is 5. The van der Waals surface area contributed by atoms with Crippen LogP contribution in [0.3, 0.4) is 0 Å². The van der Waals surface area contributed by atoms with Gasteiger partial charge in [-0.3, -0.25) is 24.3 Å². The standard InChI is InChI=1S/C20H19FN4O4/c1-12(2)19(13-3-5-14(21)6-4-13)23-18(26)10-24-11-22-17-9-15(25(28)29)7-8-16(17)20(24)27/h3-9,11-12,19H,10H2,1-2H3,(H,23,26). The van der Waals surface area contributed by atoms with Crippen molar-refractivity contribution in [2.45, 2.75) is 26.4 Å². The van der Waals surface area contributed by atoms with Crippen molar-refractivity contribution in [3.05, 3.63) is 80.6 Å². The van der Waals surface area contributed by atoms with Crippen LogP contribution in [0.15, 0.2) is 53.6 Å². The summed E-state index contributed by atoms with van der Waals surface area (Å²) in [6.45, 7) is 3.58. The molecule has 0 fully saturated rings. The van der Waals surface area contributed by atoms with Crippen molar-refractivity contribution in [1.82, 2.24) is 14.9 Å². The van der Waals surface area contributed by atoms with E-state index < -0.39 is 16.4 Å². The van der Waals surface area contributed by atoms with Gasteiger partial charge in [0.2, 0.25) is 5.91 Å². The number of carbonyl (C=O) groups is 1. The van der Waals surface area contributed by atoms with Crippen LogP contribution < -0.4 is 10.9 Å². The molecule has 1 amide bonds. The normalized spacial score (nSPS) is 12.1. The third kappa shape index (κ3) is 4.45. The highest BCUT2D eigenvalue weighted by Crippen LogP contribution is 2.22. The first-order valence-corrected chi connectivity index (χ1v) is 8.94. The molecule has 0 spiro atoms. The number of amides is 1. The maximum Gasteiger partial charge on any atom is 0.271 e. The van der Waals surface area contributed by atoms with Crippen molar-refractivity contribution in [2.24, 2.45) is 5.92 Å². The van der Waals surface area contributed by atoms with Crippen molar-refractivity contribution in [2.75, 3.05) is 0 Å². The highest BCUT2D eigenvalue weighted by molar-refractivity contribution is 5.80. The Morgan fingerprint density at radius 1 is 1.24 bits per heavy atom. The number of hydrogen-bond donors (Lipinski definition) is 1. The molecule has 1 unspecified atom stereocenters. The SMILES string of the molecule is CC(C)C(NC(=O)Cn1cnc2cc([N+](=O)[O-])ccc2c1=O)c1ccc(F)cc1. The van der Waals surface area contributed by atoms with Crippen molar-refractivity contribution in [1.29, 1.82) is 0 Å². The number of nitrogens with zero attached hydrogens (tertiary/aromatic N) is 3. The van der Waals surface area contributed by atoms with E-state index in [0.29, 0.717) is 0 Å². The average molecular weight is 398 g/mol. The Kier molecular flexibility index (Phi) is 5.67. The first-order valence-electron chi connectivity index (χ1n) is 8.94. The Labute approximate surface area is 165 Å². The van der Waals surface area contributed by atoms with Gasteiger partial charge in [0.05, 0.1) is 28.2 Å². The zero-order valence-corrected chi connectivity index (χ0v) is 15.8. The van der Waals surface area contributed by atoms with Crippen LogP contribution >= 0.6 is 0 Å². The zero-order valence-electron chi connectivity index (χ0n) is 15.8. The van der Waals surface area contributed by atoms with Gasteiger partial charge in [0.15, 0.2) is 0 Å². The van der Waals surface area contributed by atoms with Gasteiger partial charge in [0.25, 0.3) is 11.2 Å². The molecule has 0 saturated heterocycles. The number of benzene rings is 2. The fourth-order valence-corrected chi connectivity index (χ4v) is 3.05. The number of fused-ring (bicyclic) bond motifs is 1. The molecular formula is C20H19FN4O4. The lowest BCUT2D eigenvalue weighted by atomic mass is 9.96. The van der Waals surface area contributed by atoms with E-state index in [9.17, 15) is 24.1 Å². The third-order valence-corrected chi connectivity index (χ3v) is 4.55. The van der Waals surface area contributed by atoms with Gasteiger partial charge in [-0.1, -0.05) is 26.0 Å². The molecule has 3 rings (SSSR count). The summed E-state index contributed by atoms with van der Waals surface area (Å²) in [5.41, 5.74) is 0.306. The van der Waals surface area contributed by atoms with E-state index >= 15 is 0 Å². The summed E-state index contributed by atoms with van der Waals surface area (Å²) in [5.74, 6) is -0.730. The molecule has 0 bridgehead atoms. The van der Waals surface area contributed by atoms with Crippen molar-refractivity contribution in [3.8, 4) is 0 Å². The summed E-state index contributed by atoms with van der Waals surface area (Å²) in [6.07, 6.45) is 1.19. The number of rotatable bonds is 6. The van der Waals surface area contributed by atoms with Crippen molar-refractivity contribution in [3.63, 3.8) is 0 Å². The van der Waals surface area contributed by atoms with Crippen molar-refractivity contribution >= 4 is 22.5 Å². The second kappa shape index (κ2) is 8.17. The Hall–Kier alpha value is -3.62. The molecular weight excluding hydrogens is 379 g/mol. The predicted octanol–water partition coefficient (Wildman–Crippen LogP) is 2.96. The molecule has 29 heavy (non-hydrogen) atoms. The van der Waals surface area contributed by atoms with E-state index in [1.165, 1.54) is 36.7 Å². The minimum absolute atomic E-state index is 0.0383. The van der Waals surface area contributed by atoms with Gasteiger partial charge in [0.1, 0.15) is 12.4 Å². The summed E-state index contributed by atoms with van der Waals surface area (Å²) in [4.78, 5) is 39.5. The summed E-state index contributed by atoms with van der Waals surface area (Å²) in [7, 11) is 0. The number of carbonyl (C=O) groups excluding carboxylic acids is 1. The molecule has 2 aromatic carbocycles. The minimum atomic E-state index is -0.568. The van der Waals surface area contributed by atoms with Crippen LogP contribution in [0.2, 0.25) is 0 Å². The average Bonchev–Trinajstić information content (AvgIpc) is 2.68. The summed E-state index contributed by atoms with van der Waals surface area (Å²) < 4.78 is 14.3. The van der Waals surface area contributed by atoms with Gasteiger partial charge < -0.3 is 5.32 Å². The first kappa shape index (κ1) is 20.1. The lowest BCUT2D eigenvalue weighted by molar-refractivity contribution is -0.384. The smallest absolute Gasteiger partial charge is 0.271 e. The van der Waals surface area contributed by atoms with Crippen LogP contribution in [0.5, 0.6) is 0 Å². The van der Waals surface area contributed by atoms with Gasteiger partial charge in [-0.2, -0.15) is 0 Å². The molecule has 150 valence electrons. The maximum absolute atomic E-state index is 13.2. The molecule has 9 heteroatoms. The molecule has 8 nitrogen and oxygen atoms in total. The van der Waals surface area contributed by atoms with Crippen LogP contribution in [0.4, 0.5) is 10.1 Å². The molecule has 0 radical (unpaired) electrons. The monoisotopic (exact) mass is 398 g/mol. The topological polar surface area (TPSA) is 107 Å². The number of non-ortho nitro benzene ring substituents is 1. The Morgan fingerprint density at radius 3 is 2.55 bits per heavy atom. The molecule has 0 saturated carbocycles. The Bertz CT molecular complexity index is 1130. The fraction of sp³-hybridized carbons (Fsp3) is 0.250. The van der Waals surface area contributed by atoms with Crippen LogP contribution in [-0.2, 0) is 11.3 Å². The first-order chi connectivity index (χ1) is 13.8. The van der Waals surface area contributed by atoms with E-state index in [2.05, 4.69) is 10.3 Å². The molecule has 1 atom stereocenters. The molecule has 0 aliphatic rings. The Balaban J connectivity index is 1.82. The summed E-state index contributed by atoms with van der Waals surface area (Å²) >= 11 is 0. The maximum atomic E-state index is 13.2. The van der Waals surface area contributed by atoms with Gasteiger partial charge in [-0.05, 0) is 29.7 Å². The lowest BCUT2D eigenvalue weighted by Gasteiger charge is -2.23. The molecule has 1 N–H and O–H groups in total. The van der Waals surface area contributed by atoms with Crippen LogP contribution in [0.25, 0.3) is 10.9 Å². The van der Waals surface area contributed by atoms with Gasteiger partial charge in [0, 0.05) is 12.1 Å². The number of aromatic nitrogens is 2. The molecule has 0 aliphatic heterocycles. The van der Waals surface area contributed by atoms with Crippen LogP contribution in [-0.4, -0.2) is 20.4 Å². The largest absolute Gasteiger partial charge is 0.347 e. The predicted molar refractivity (Wildman–Crippen MR) is 105 cm³/mol. The van der Waals surface area contributed by atoms with E-state index in [0.717, 1.165) is 10.1 Å². The van der Waals surface area contributed by atoms with E-state index in [-0.39, 0.29) is 40.9 Å². The fourth-order valence-electron chi connectivity index (χ4n) is 3.05. The summed E-state index contributed by atoms with van der Waals surface area (Å²) in [5, 5.41) is 13.9. The molecule has 0 aliphatic carbocycles. The van der Waals surface area contributed by atoms with E-state index in [1.54, 1.807) is 12.1 Å². The number of nitro benzene ring substituents is 1. The highest BCUT2D eigenvalue weighted by atomic mass is 19.1. The van der Waals surface area contributed by atoms with E-state index in [1.807, 2.05) is 13.8 Å².